The summed E-state index contributed by atoms with van der Waals surface area (Å²) in [5.41, 5.74) is 0.654. The van der Waals surface area contributed by atoms with E-state index < -0.39 is 40.2 Å². The van der Waals surface area contributed by atoms with E-state index in [9.17, 15) is 22.4 Å². The summed E-state index contributed by atoms with van der Waals surface area (Å²) in [5, 5.41) is 3.27. The second-order valence-corrected chi connectivity index (χ2v) is 11.2. The van der Waals surface area contributed by atoms with Crippen molar-refractivity contribution in [1.29, 1.82) is 0 Å². The van der Waals surface area contributed by atoms with Crippen LogP contribution in [0.25, 0.3) is 0 Å². The van der Waals surface area contributed by atoms with Crippen LogP contribution in [0.15, 0.2) is 71.6 Å². The average Bonchev–Trinajstić information content (AvgIpc) is 2.92. The molecule has 3 rings (SSSR count). The normalized spacial score (nSPS) is 11.9. The second-order valence-electron chi connectivity index (χ2n) is 8.50. The molecular formula is C27H28Cl2FN3O5S. The number of likely N-dealkylation sites (N-methyl/N-ethyl adjacent to an activating group) is 1. The molecule has 3 aromatic rings. The summed E-state index contributed by atoms with van der Waals surface area (Å²) in [4.78, 5) is 27.7. The lowest BCUT2D eigenvalue weighted by Gasteiger charge is -2.32. The molecule has 2 amide bonds. The summed E-state index contributed by atoms with van der Waals surface area (Å²) in [6.07, 6.45) is 0. The van der Waals surface area contributed by atoms with Gasteiger partial charge in [0.2, 0.25) is 11.8 Å². The van der Waals surface area contributed by atoms with Crippen LogP contribution in [0.5, 0.6) is 5.75 Å². The number of benzene rings is 3. The number of halogens is 3. The molecule has 8 nitrogen and oxygen atoms in total. The van der Waals surface area contributed by atoms with Gasteiger partial charge in [-0.3, -0.25) is 13.9 Å². The highest BCUT2D eigenvalue weighted by Crippen LogP contribution is 2.27. The maximum atomic E-state index is 13.8. The number of sulfonamides is 1. The van der Waals surface area contributed by atoms with Crippen molar-refractivity contribution in [3.8, 4) is 5.75 Å². The molecule has 3 aromatic carbocycles. The van der Waals surface area contributed by atoms with Crippen LogP contribution in [0.1, 0.15) is 19.4 Å². The first-order valence-corrected chi connectivity index (χ1v) is 14.1. The fraction of sp³-hybridized carbons (Fsp3) is 0.259. The van der Waals surface area contributed by atoms with Crippen LogP contribution in [-0.2, 0) is 26.2 Å². The summed E-state index contributed by atoms with van der Waals surface area (Å²) in [6, 6.07) is 14.2. The lowest BCUT2D eigenvalue weighted by Crippen LogP contribution is -2.51. The van der Waals surface area contributed by atoms with E-state index in [2.05, 4.69) is 5.32 Å². The standard InChI is InChI=1S/C27H28Cl2FN3O5S/c1-4-31-27(35)18(2)32(16-19-5-14-24(28)25(29)15-19)26(34)17-33(21-8-6-20(30)7-9-21)39(36,37)23-12-10-22(38-3)11-13-23/h5-15,18H,4,16-17H2,1-3H3,(H,31,35)/t18-/m0/s1. The largest absolute Gasteiger partial charge is 0.497 e. The number of hydrogen-bond acceptors (Lipinski definition) is 5. The number of methoxy groups -OCH3 is 1. The van der Waals surface area contributed by atoms with E-state index in [1.54, 1.807) is 32.0 Å². The highest BCUT2D eigenvalue weighted by atomic mass is 35.5. The molecule has 0 saturated heterocycles. The lowest BCUT2D eigenvalue weighted by molar-refractivity contribution is -0.139. The van der Waals surface area contributed by atoms with Gasteiger partial charge in [-0.15, -0.1) is 0 Å². The van der Waals surface area contributed by atoms with E-state index in [1.165, 1.54) is 48.4 Å². The number of hydrogen-bond donors (Lipinski definition) is 1. The summed E-state index contributed by atoms with van der Waals surface area (Å²) in [5.74, 6) is -1.21. The van der Waals surface area contributed by atoms with Gasteiger partial charge in [-0.1, -0.05) is 29.3 Å². The van der Waals surface area contributed by atoms with E-state index in [1.807, 2.05) is 0 Å². The van der Waals surface area contributed by atoms with Gasteiger partial charge in [-0.05, 0) is 80.1 Å². The molecular weight excluding hydrogens is 568 g/mol. The molecule has 1 N–H and O–H groups in total. The molecule has 0 spiro atoms. The van der Waals surface area contributed by atoms with E-state index >= 15 is 0 Å². The minimum atomic E-state index is -4.29. The molecule has 12 heteroatoms. The predicted octanol–water partition coefficient (Wildman–Crippen LogP) is 4.89. The Kier molecular flexibility index (Phi) is 10.2. The predicted molar refractivity (Wildman–Crippen MR) is 149 cm³/mol. The van der Waals surface area contributed by atoms with Crippen molar-refractivity contribution in [2.45, 2.75) is 31.3 Å². The Balaban J connectivity index is 2.03. The van der Waals surface area contributed by atoms with Crippen LogP contribution in [0.3, 0.4) is 0 Å². The Morgan fingerprint density at radius 1 is 1.00 bits per heavy atom. The van der Waals surface area contributed by atoms with Gasteiger partial charge in [0.15, 0.2) is 0 Å². The maximum Gasteiger partial charge on any atom is 0.264 e. The molecule has 0 aliphatic rings. The molecule has 0 aliphatic heterocycles. The highest BCUT2D eigenvalue weighted by molar-refractivity contribution is 7.92. The van der Waals surface area contributed by atoms with Crippen molar-refractivity contribution >= 4 is 50.7 Å². The monoisotopic (exact) mass is 595 g/mol. The second kappa shape index (κ2) is 13.1. The van der Waals surface area contributed by atoms with Crippen molar-refractivity contribution < 1.29 is 27.1 Å². The molecule has 0 aromatic heterocycles. The molecule has 0 saturated carbocycles. The van der Waals surface area contributed by atoms with Gasteiger partial charge >= 0.3 is 0 Å². The quantitative estimate of drug-likeness (QED) is 0.340. The van der Waals surface area contributed by atoms with Gasteiger partial charge in [-0.2, -0.15) is 0 Å². The first-order chi connectivity index (χ1) is 18.5. The van der Waals surface area contributed by atoms with Gasteiger partial charge in [-0.25, -0.2) is 12.8 Å². The highest BCUT2D eigenvalue weighted by Gasteiger charge is 2.32. The molecule has 0 unspecified atom stereocenters. The molecule has 0 bridgehead atoms. The van der Waals surface area contributed by atoms with Crippen molar-refractivity contribution in [3.63, 3.8) is 0 Å². The number of nitrogens with one attached hydrogen (secondary N) is 1. The van der Waals surface area contributed by atoms with Crippen molar-refractivity contribution in [1.82, 2.24) is 10.2 Å². The zero-order valence-corrected chi connectivity index (χ0v) is 23.9. The zero-order valence-electron chi connectivity index (χ0n) is 21.5. The van der Waals surface area contributed by atoms with Crippen molar-refractivity contribution in [2.24, 2.45) is 0 Å². The Bertz CT molecular complexity index is 1420. The van der Waals surface area contributed by atoms with E-state index in [-0.39, 0.29) is 22.2 Å². The van der Waals surface area contributed by atoms with Crippen molar-refractivity contribution in [2.75, 3.05) is 24.5 Å². The number of ether oxygens (including phenoxy) is 1. The van der Waals surface area contributed by atoms with Crippen LogP contribution in [0, 0.1) is 5.82 Å². The van der Waals surface area contributed by atoms with Gasteiger partial charge in [0.05, 0.1) is 27.7 Å². The van der Waals surface area contributed by atoms with Gasteiger partial charge in [0.25, 0.3) is 10.0 Å². The summed E-state index contributed by atoms with van der Waals surface area (Å²) < 4.78 is 47.1. The summed E-state index contributed by atoms with van der Waals surface area (Å²) in [6.45, 7) is 2.92. The molecule has 1 atom stereocenters. The Morgan fingerprint density at radius 2 is 1.64 bits per heavy atom. The SMILES string of the molecule is CCNC(=O)[C@H](C)N(Cc1ccc(Cl)c(Cl)c1)C(=O)CN(c1ccc(F)cc1)S(=O)(=O)c1ccc(OC)cc1. The molecule has 0 aliphatic carbocycles. The fourth-order valence-corrected chi connectivity index (χ4v) is 5.49. The van der Waals surface area contributed by atoms with Crippen LogP contribution >= 0.6 is 23.2 Å². The Hall–Kier alpha value is -3.34. The minimum Gasteiger partial charge on any atom is -0.497 e. The number of nitrogens with zero attached hydrogens (tertiary/aromatic N) is 2. The average molecular weight is 597 g/mol. The lowest BCUT2D eigenvalue weighted by atomic mass is 10.1. The van der Waals surface area contributed by atoms with E-state index in [0.29, 0.717) is 22.9 Å². The van der Waals surface area contributed by atoms with Crippen molar-refractivity contribution in [3.05, 3.63) is 88.2 Å². The number of carbonyl (C=O) groups excluding carboxylic acids is 2. The fourth-order valence-electron chi connectivity index (χ4n) is 3.75. The molecule has 208 valence electrons. The van der Waals surface area contributed by atoms with Gasteiger partial charge < -0.3 is 15.0 Å². The number of anilines is 1. The van der Waals surface area contributed by atoms with E-state index in [0.717, 1.165) is 16.4 Å². The van der Waals surface area contributed by atoms with Crippen LogP contribution in [0.4, 0.5) is 10.1 Å². The number of carbonyl (C=O) groups is 2. The first-order valence-electron chi connectivity index (χ1n) is 11.9. The number of rotatable bonds is 11. The molecule has 0 radical (unpaired) electrons. The zero-order chi connectivity index (χ0) is 28.7. The smallest absolute Gasteiger partial charge is 0.264 e. The summed E-state index contributed by atoms with van der Waals surface area (Å²) in [7, 11) is -2.84. The van der Waals surface area contributed by atoms with Crippen LogP contribution in [-0.4, -0.2) is 51.4 Å². The molecule has 0 heterocycles. The third kappa shape index (κ3) is 7.40. The topological polar surface area (TPSA) is 96.0 Å². The number of amides is 2. The van der Waals surface area contributed by atoms with Gasteiger partial charge in [0, 0.05) is 13.1 Å². The van der Waals surface area contributed by atoms with E-state index in [4.69, 9.17) is 27.9 Å². The first kappa shape index (κ1) is 30.2. The molecule has 39 heavy (non-hydrogen) atoms. The van der Waals surface area contributed by atoms with Crippen LogP contribution < -0.4 is 14.4 Å². The summed E-state index contributed by atoms with van der Waals surface area (Å²) >= 11 is 12.2. The van der Waals surface area contributed by atoms with Crippen LogP contribution in [0.2, 0.25) is 10.0 Å². The Labute approximate surface area is 237 Å². The third-order valence-electron chi connectivity index (χ3n) is 5.90. The maximum absolute atomic E-state index is 13.8. The molecule has 0 fully saturated rings. The Morgan fingerprint density at radius 3 is 2.21 bits per heavy atom. The third-order valence-corrected chi connectivity index (χ3v) is 8.42. The van der Waals surface area contributed by atoms with Gasteiger partial charge in [0.1, 0.15) is 24.2 Å². The minimum absolute atomic E-state index is 0.0478.